The quantitative estimate of drug-likeness (QED) is 0.461. The Kier molecular flexibility index (Phi) is 4.27. The number of benzene rings is 2. The number of carbonyl (C=O) groups excluding carboxylic acids is 1. The summed E-state index contributed by atoms with van der Waals surface area (Å²) < 4.78 is 6.61. The maximum atomic E-state index is 12.3. The number of carbonyl (C=O) groups is 1. The Bertz CT molecular complexity index is 1040. The zero-order valence-electron chi connectivity index (χ0n) is 13.1. The number of halogens is 1. The lowest BCUT2D eigenvalue weighted by molar-refractivity contribution is 0.0946. The van der Waals surface area contributed by atoms with E-state index in [0.717, 1.165) is 20.0 Å². The lowest BCUT2D eigenvalue weighted by atomic mass is 10.2. The van der Waals surface area contributed by atoms with Gasteiger partial charge in [-0.15, -0.1) is 0 Å². The second kappa shape index (κ2) is 6.72. The molecule has 124 valence electrons. The van der Waals surface area contributed by atoms with E-state index in [9.17, 15) is 4.79 Å². The predicted octanol–water partition coefficient (Wildman–Crippen LogP) is 4.36. The van der Waals surface area contributed by atoms with Crippen LogP contribution in [0.3, 0.4) is 0 Å². The van der Waals surface area contributed by atoms with Crippen molar-refractivity contribution in [3.8, 4) is 11.5 Å². The van der Waals surface area contributed by atoms with Gasteiger partial charge >= 0.3 is 0 Å². The van der Waals surface area contributed by atoms with Gasteiger partial charge in [0.1, 0.15) is 12.0 Å². The van der Waals surface area contributed by atoms with Crippen LogP contribution >= 0.6 is 22.6 Å². The Balaban J connectivity index is 1.45. The maximum absolute atomic E-state index is 12.3. The lowest BCUT2D eigenvalue weighted by Crippen LogP contribution is -2.23. The van der Waals surface area contributed by atoms with E-state index < -0.39 is 0 Å². The van der Waals surface area contributed by atoms with Crippen LogP contribution in [0.4, 0.5) is 0 Å². The number of hydrogen-bond donors (Lipinski definition) is 2. The van der Waals surface area contributed by atoms with Gasteiger partial charge in [-0.1, -0.05) is 18.2 Å². The van der Waals surface area contributed by atoms with Gasteiger partial charge in [0.2, 0.25) is 5.89 Å². The first-order valence-corrected chi connectivity index (χ1v) is 8.83. The van der Waals surface area contributed by atoms with E-state index in [1.54, 1.807) is 6.26 Å². The molecule has 0 unspecified atom stereocenters. The second-order valence-electron chi connectivity index (χ2n) is 5.61. The van der Waals surface area contributed by atoms with E-state index >= 15 is 0 Å². The van der Waals surface area contributed by atoms with Gasteiger partial charge in [0, 0.05) is 20.0 Å². The molecule has 5 nitrogen and oxygen atoms in total. The molecule has 2 aromatic carbocycles. The van der Waals surface area contributed by atoms with Gasteiger partial charge in [0.05, 0.1) is 12.2 Å². The van der Waals surface area contributed by atoms with E-state index in [-0.39, 0.29) is 5.91 Å². The summed E-state index contributed by atoms with van der Waals surface area (Å²) >= 11 is 2.25. The molecule has 0 aliphatic heterocycles. The molecule has 0 radical (unpaired) electrons. The SMILES string of the molecule is O=C(NCc1coc(-c2ccccc2)n1)c1cc2cc(I)ccc2[nH]1. The van der Waals surface area contributed by atoms with Crippen LogP contribution in [-0.2, 0) is 6.54 Å². The molecule has 4 rings (SSSR count). The van der Waals surface area contributed by atoms with E-state index in [2.05, 4.69) is 37.9 Å². The van der Waals surface area contributed by atoms with Crippen molar-refractivity contribution in [3.63, 3.8) is 0 Å². The second-order valence-corrected chi connectivity index (χ2v) is 6.85. The molecule has 2 N–H and O–H groups in total. The molecule has 6 heteroatoms. The van der Waals surface area contributed by atoms with Crippen LogP contribution in [0, 0.1) is 3.57 Å². The minimum absolute atomic E-state index is 0.171. The average molecular weight is 443 g/mol. The van der Waals surface area contributed by atoms with E-state index in [4.69, 9.17) is 4.42 Å². The van der Waals surface area contributed by atoms with E-state index in [1.807, 2.05) is 54.6 Å². The molecule has 0 spiro atoms. The summed E-state index contributed by atoms with van der Waals surface area (Å²) in [7, 11) is 0. The number of fused-ring (bicyclic) bond motifs is 1. The minimum Gasteiger partial charge on any atom is -0.444 e. The highest BCUT2D eigenvalue weighted by atomic mass is 127. The smallest absolute Gasteiger partial charge is 0.268 e. The third-order valence-electron chi connectivity index (χ3n) is 3.83. The fourth-order valence-corrected chi connectivity index (χ4v) is 3.11. The Labute approximate surface area is 157 Å². The summed E-state index contributed by atoms with van der Waals surface area (Å²) in [5.41, 5.74) is 3.06. The molecule has 0 atom stereocenters. The molecular weight excluding hydrogens is 429 g/mol. The number of aromatic amines is 1. The Morgan fingerprint density at radius 3 is 2.84 bits per heavy atom. The van der Waals surface area contributed by atoms with Gasteiger partial charge in [-0.2, -0.15) is 0 Å². The summed E-state index contributed by atoms with van der Waals surface area (Å²) in [6.45, 7) is 0.308. The molecule has 0 fully saturated rings. The summed E-state index contributed by atoms with van der Waals surface area (Å²) in [4.78, 5) is 19.9. The summed E-state index contributed by atoms with van der Waals surface area (Å²) in [6.07, 6.45) is 1.57. The van der Waals surface area contributed by atoms with Gasteiger partial charge in [0.15, 0.2) is 0 Å². The van der Waals surface area contributed by atoms with Crippen molar-refractivity contribution in [2.75, 3.05) is 0 Å². The predicted molar refractivity (Wildman–Crippen MR) is 104 cm³/mol. The first-order valence-electron chi connectivity index (χ1n) is 7.75. The first kappa shape index (κ1) is 15.9. The number of H-pyrrole nitrogens is 1. The summed E-state index contributed by atoms with van der Waals surface area (Å²) in [6, 6.07) is 17.5. The number of rotatable bonds is 4. The van der Waals surface area contributed by atoms with Crippen LogP contribution in [-0.4, -0.2) is 15.9 Å². The molecular formula is C19H14IN3O2. The molecule has 2 heterocycles. The average Bonchev–Trinajstić information content (AvgIpc) is 3.27. The Morgan fingerprint density at radius 2 is 2.00 bits per heavy atom. The molecule has 0 saturated carbocycles. The first-order chi connectivity index (χ1) is 12.2. The van der Waals surface area contributed by atoms with Crippen LogP contribution in [0.2, 0.25) is 0 Å². The van der Waals surface area contributed by atoms with Crippen LogP contribution in [0.1, 0.15) is 16.2 Å². The van der Waals surface area contributed by atoms with Gasteiger partial charge in [0.25, 0.3) is 5.91 Å². The van der Waals surface area contributed by atoms with Crippen molar-refractivity contribution in [3.05, 3.63) is 75.8 Å². The number of aromatic nitrogens is 2. The third-order valence-corrected chi connectivity index (χ3v) is 4.50. The van der Waals surface area contributed by atoms with Gasteiger partial charge < -0.3 is 14.7 Å². The van der Waals surface area contributed by atoms with Crippen molar-refractivity contribution in [1.82, 2.24) is 15.3 Å². The minimum atomic E-state index is -0.171. The number of nitrogens with one attached hydrogen (secondary N) is 2. The molecule has 1 amide bonds. The lowest BCUT2D eigenvalue weighted by Gasteiger charge is -2.00. The van der Waals surface area contributed by atoms with Crippen molar-refractivity contribution in [2.45, 2.75) is 6.54 Å². The van der Waals surface area contributed by atoms with Crippen molar-refractivity contribution in [2.24, 2.45) is 0 Å². The fourth-order valence-electron chi connectivity index (χ4n) is 2.59. The van der Waals surface area contributed by atoms with Gasteiger partial charge in [-0.25, -0.2) is 4.98 Å². The zero-order valence-corrected chi connectivity index (χ0v) is 15.3. The van der Waals surface area contributed by atoms with Crippen LogP contribution < -0.4 is 5.32 Å². The Hall–Kier alpha value is -2.61. The number of oxazole rings is 1. The highest BCUT2D eigenvalue weighted by Crippen LogP contribution is 2.19. The van der Waals surface area contributed by atoms with Gasteiger partial charge in [-0.3, -0.25) is 4.79 Å². The molecule has 0 aliphatic rings. The van der Waals surface area contributed by atoms with Crippen molar-refractivity contribution < 1.29 is 9.21 Å². The monoisotopic (exact) mass is 443 g/mol. The van der Waals surface area contributed by atoms with E-state index in [0.29, 0.717) is 23.8 Å². The van der Waals surface area contributed by atoms with Crippen molar-refractivity contribution >= 4 is 39.4 Å². The largest absolute Gasteiger partial charge is 0.444 e. The third kappa shape index (κ3) is 3.43. The molecule has 2 aromatic heterocycles. The fraction of sp³-hybridized carbons (Fsp3) is 0.0526. The molecule has 25 heavy (non-hydrogen) atoms. The number of hydrogen-bond acceptors (Lipinski definition) is 3. The summed E-state index contributed by atoms with van der Waals surface area (Å²) in [5, 5.41) is 3.88. The molecule has 0 saturated heterocycles. The maximum Gasteiger partial charge on any atom is 0.268 e. The number of amides is 1. The van der Waals surface area contributed by atoms with Crippen LogP contribution in [0.15, 0.2) is 65.3 Å². The molecule has 0 bridgehead atoms. The van der Waals surface area contributed by atoms with Crippen LogP contribution in [0.5, 0.6) is 0 Å². The summed E-state index contributed by atoms with van der Waals surface area (Å²) in [5.74, 6) is 0.375. The van der Waals surface area contributed by atoms with Crippen LogP contribution in [0.25, 0.3) is 22.4 Å². The standard InChI is InChI=1S/C19H14IN3O2/c20-14-6-7-16-13(8-14)9-17(23-16)18(24)21-10-15-11-25-19(22-15)12-4-2-1-3-5-12/h1-9,11,23H,10H2,(H,21,24). The normalized spacial score (nSPS) is 10.9. The van der Waals surface area contributed by atoms with Gasteiger partial charge in [-0.05, 0) is 59.0 Å². The van der Waals surface area contributed by atoms with E-state index in [1.165, 1.54) is 0 Å². The highest BCUT2D eigenvalue weighted by Gasteiger charge is 2.11. The zero-order chi connectivity index (χ0) is 17.2. The highest BCUT2D eigenvalue weighted by molar-refractivity contribution is 14.1. The molecule has 0 aliphatic carbocycles. The topological polar surface area (TPSA) is 70.9 Å². The number of nitrogens with zero attached hydrogens (tertiary/aromatic N) is 1. The molecule has 4 aromatic rings. The Morgan fingerprint density at radius 1 is 1.16 bits per heavy atom. The van der Waals surface area contributed by atoms with Crippen molar-refractivity contribution in [1.29, 1.82) is 0 Å².